The zero-order chi connectivity index (χ0) is 15.0. The molecule has 108 valence electrons. The molecule has 0 radical (unpaired) electrons. The Balaban J connectivity index is 2.49. The number of pyridine rings is 1. The zero-order valence-electron chi connectivity index (χ0n) is 11.3. The fourth-order valence-corrected chi connectivity index (χ4v) is 1.34. The highest BCUT2D eigenvalue weighted by atomic mass is 16.5. The Labute approximate surface area is 116 Å². The minimum atomic E-state index is -0.414. The molecule has 0 fully saturated rings. The third-order valence-electron chi connectivity index (χ3n) is 2.20. The third-order valence-corrected chi connectivity index (χ3v) is 2.20. The molecule has 7 nitrogen and oxygen atoms in total. The van der Waals surface area contributed by atoms with Crippen molar-refractivity contribution < 1.29 is 23.9 Å². The van der Waals surface area contributed by atoms with Gasteiger partial charge in [-0.15, -0.1) is 0 Å². The minimum Gasteiger partial charge on any atom is -0.464 e. The average Bonchev–Trinajstić information content (AvgIpc) is 2.41. The van der Waals surface area contributed by atoms with E-state index in [9.17, 15) is 14.4 Å². The summed E-state index contributed by atoms with van der Waals surface area (Å²) in [5.41, 5.74) is 0.873. The van der Waals surface area contributed by atoms with Gasteiger partial charge in [0.05, 0.1) is 12.2 Å². The van der Waals surface area contributed by atoms with Gasteiger partial charge in [-0.05, 0) is 12.1 Å². The van der Waals surface area contributed by atoms with Crippen LogP contribution in [0.1, 0.15) is 29.9 Å². The Hall–Kier alpha value is -2.44. The zero-order valence-corrected chi connectivity index (χ0v) is 11.3. The predicted molar refractivity (Wildman–Crippen MR) is 68.7 cm³/mol. The summed E-state index contributed by atoms with van der Waals surface area (Å²) in [6.07, 6.45) is 1.46. The fourth-order valence-electron chi connectivity index (χ4n) is 1.34. The van der Waals surface area contributed by atoms with Crippen molar-refractivity contribution in [3.63, 3.8) is 0 Å². The normalized spacial score (nSPS) is 9.70. The van der Waals surface area contributed by atoms with E-state index < -0.39 is 11.9 Å². The Morgan fingerprint density at radius 1 is 1.20 bits per heavy atom. The summed E-state index contributed by atoms with van der Waals surface area (Å²) in [5.74, 6) is -1.13. The lowest BCUT2D eigenvalue weighted by atomic mass is 10.2. The number of esters is 2. The monoisotopic (exact) mass is 280 g/mol. The van der Waals surface area contributed by atoms with Crippen molar-refractivity contribution in [1.29, 1.82) is 0 Å². The first-order valence-corrected chi connectivity index (χ1v) is 5.99. The van der Waals surface area contributed by atoms with E-state index >= 15 is 0 Å². The maximum Gasteiger partial charge on any atom is 0.303 e. The van der Waals surface area contributed by atoms with Gasteiger partial charge in [-0.2, -0.15) is 0 Å². The van der Waals surface area contributed by atoms with Crippen molar-refractivity contribution in [2.45, 2.75) is 20.5 Å². The van der Waals surface area contributed by atoms with Gasteiger partial charge in [0.2, 0.25) is 0 Å². The summed E-state index contributed by atoms with van der Waals surface area (Å²) in [4.78, 5) is 37.0. The molecule has 1 aromatic heterocycles. The van der Waals surface area contributed by atoms with Gasteiger partial charge in [0.15, 0.2) is 0 Å². The Bertz CT molecular complexity index is 501. The van der Waals surface area contributed by atoms with Gasteiger partial charge in [0.1, 0.15) is 13.2 Å². The maximum atomic E-state index is 11.8. The largest absolute Gasteiger partial charge is 0.464 e. The second kappa shape index (κ2) is 7.88. The third kappa shape index (κ3) is 5.94. The number of nitrogens with one attached hydrogen (secondary N) is 1. The van der Waals surface area contributed by atoms with Crippen molar-refractivity contribution in [2.24, 2.45) is 0 Å². The first kappa shape index (κ1) is 15.6. The second-order valence-electron chi connectivity index (χ2n) is 3.91. The van der Waals surface area contributed by atoms with E-state index in [2.05, 4.69) is 10.3 Å². The van der Waals surface area contributed by atoms with Crippen molar-refractivity contribution in [3.05, 3.63) is 29.6 Å². The molecule has 1 aromatic rings. The molecular weight excluding hydrogens is 264 g/mol. The lowest BCUT2D eigenvalue weighted by Crippen LogP contribution is -2.27. The molecule has 1 heterocycles. The lowest BCUT2D eigenvalue weighted by Gasteiger charge is -2.07. The van der Waals surface area contributed by atoms with Crippen molar-refractivity contribution >= 4 is 17.8 Å². The molecule has 0 saturated carbocycles. The highest BCUT2D eigenvalue weighted by Crippen LogP contribution is 2.03. The first-order chi connectivity index (χ1) is 9.49. The Morgan fingerprint density at radius 3 is 2.55 bits per heavy atom. The van der Waals surface area contributed by atoms with Crippen LogP contribution in [0, 0.1) is 0 Å². The molecule has 1 N–H and O–H groups in total. The number of nitrogens with zero attached hydrogens (tertiary/aromatic N) is 1. The number of rotatable bonds is 6. The predicted octanol–water partition coefficient (Wildman–Crippen LogP) is 0.438. The van der Waals surface area contributed by atoms with Gasteiger partial charge in [-0.25, -0.2) is 0 Å². The van der Waals surface area contributed by atoms with E-state index in [0.29, 0.717) is 11.3 Å². The standard InChI is InChI=1S/C13H16N2O5/c1-9(16)19-6-5-15-13(18)11-3-4-14-12(7-11)8-20-10(2)17/h3-4,7H,5-6,8H2,1-2H3,(H,15,18). The van der Waals surface area contributed by atoms with Crippen LogP contribution in [0.25, 0.3) is 0 Å². The maximum absolute atomic E-state index is 11.8. The molecule has 20 heavy (non-hydrogen) atoms. The van der Waals surface area contributed by atoms with Crippen molar-refractivity contribution in [1.82, 2.24) is 10.3 Å². The average molecular weight is 280 g/mol. The number of hydrogen-bond donors (Lipinski definition) is 1. The van der Waals surface area contributed by atoms with Gasteiger partial charge in [0.25, 0.3) is 5.91 Å². The van der Waals surface area contributed by atoms with Crippen LogP contribution < -0.4 is 5.32 Å². The van der Waals surface area contributed by atoms with Crippen LogP contribution in [-0.2, 0) is 25.7 Å². The van der Waals surface area contributed by atoms with Crippen molar-refractivity contribution in [3.8, 4) is 0 Å². The summed E-state index contributed by atoms with van der Waals surface area (Å²) in [5, 5.41) is 2.59. The smallest absolute Gasteiger partial charge is 0.303 e. The van der Waals surface area contributed by atoms with E-state index in [0.717, 1.165) is 0 Å². The van der Waals surface area contributed by atoms with E-state index in [1.165, 1.54) is 26.1 Å². The molecule has 0 atom stereocenters. The van der Waals surface area contributed by atoms with E-state index in [1.54, 1.807) is 6.07 Å². The summed E-state index contributed by atoms with van der Waals surface area (Å²) in [6, 6.07) is 3.07. The van der Waals surface area contributed by atoms with E-state index in [-0.39, 0.29) is 25.7 Å². The highest BCUT2D eigenvalue weighted by molar-refractivity contribution is 5.94. The summed E-state index contributed by atoms with van der Waals surface area (Å²) in [7, 11) is 0. The lowest BCUT2D eigenvalue weighted by molar-refractivity contribution is -0.142. The van der Waals surface area contributed by atoms with Crippen molar-refractivity contribution in [2.75, 3.05) is 13.2 Å². The second-order valence-corrected chi connectivity index (χ2v) is 3.91. The highest BCUT2D eigenvalue weighted by Gasteiger charge is 2.07. The Morgan fingerprint density at radius 2 is 1.90 bits per heavy atom. The van der Waals surface area contributed by atoms with Crippen LogP contribution in [0.3, 0.4) is 0 Å². The molecule has 0 saturated heterocycles. The number of aromatic nitrogens is 1. The molecule has 0 aliphatic heterocycles. The molecule has 0 unspecified atom stereocenters. The molecular formula is C13H16N2O5. The summed E-state index contributed by atoms with van der Waals surface area (Å²) in [6.45, 7) is 2.95. The van der Waals surface area contributed by atoms with E-state index in [4.69, 9.17) is 9.47 Å². The summed E-state index contributed by atoms with van der Waals surface area (Å²) >= 11 is 0. The van der Waals surface area contributed by atoms with Gasteiger partial charge in [-0.1, -0.05) is 0 Å². The molecule has 7 heteroatoms. The van der Waals surface area contributed by atoms with E-state index in [1.807, 2.05) is 0 Å². The minimum absolute atomic E-state index is 0.0178. The van der Waals surface area contributed by atoms with Gasteiger partial charge < -0.3 is 14.8 Å². The van der Waals surface area contributed by atoms with Crippen LogP contribution in [-0.4, -0.2) is 36.0 Å². The van der Waals surface area contributed by atoms with Gasteiger partial charge in [-0.3, -0.25) is 19.4 Å². The summed E-state index contributed by atoms with van der Waals surface area (Å²) < 4.78 is 9.49. The molecule has 0 aliphatic carbocycles. The topological polar surface area (TPSA) is 94.6 Å². The number of carbonyl (C=O) groups is 3. The van der Waals surface area contributed by atoms with Crippen LogP contribution in [0.5, 0.6) is 0 Å². The van der Waals surface area contributed by atoms with Crippen LogP contribution in [0.15, 0.2) is 18.3 Å². The van der Waals surface area contributed by atoms with Gasteiger partial charge in [0, 0.05) is 25.6 Å². The fraction of sp³-hybridized carbons (Fsp3) is 0.385. The quantitative estimate of drug-likeness (QED) is 0.600. The molecule has 1 rings (SSSR count). The molecule has 0 spiro atoms. The van der Waals surface area contributed by atoms with Crippen LogP contribution >= 0.6 is 0 Å². The molecule has 0 aliphatic rings. The molecule has 0 aromatic carbocycles. The number of ether oxygens (including phenoxy) is 2. The van der Waals surface area contributed by atoms with Crippen LogP contribution in [0.4, 0.5) is 0 Å². The number of hydrogen-bond acceptors (Lipinski definition) is 6. The Kier molecular flexibility index (Phi) is 6.15. The number of amides is 1. The molecule has 0 bridgehead atoms. The number of carbonyl (C=O) groups excluding carboxylic acids is 3. The first-order valence-electron chi connectivity index (χ1n) is 5.99. The van der Waals surface area contributed by atoms with Gasteiger partial charge >= 0.3 is 11.9 Å². The van der Waals surface area contributed by atoms with Crippen LogP contribution in [0.2, 0.25) is 0 Å². The SMILES string of the molecule is CC(=O)OCCNC(=O)c1ccnc(COC(C)=O)c1. The molecule has 1 amide bonds.